The monoisotopic (exact) mass is 264 g/mol. The van der Waals surface area contributed by atoms with E-state index < -0.39 is 0 Å². The van der Waals surface area contributed by atoms with Crippen molar-refractivity contribution in [1.82, 2.24) is 0 Å². The van der Waals surface area contributed by atoms with Crippen LogP contribution >= 0.6 is 0 Å². The summed E-state index contributed by atoms with van der Waals surface area (Å²) in [5.74, 6) is 0.475. The van der Waals surface area contributed by atoms with Gasteiger partial charge in [-0.25, -0.2) is 0 Å². The lowest BCUT2D eigenvalue weighted by Gasteiger charge is -2.01. The smallest absolute Gasteiger partial charge is 0.132 e. The second kappa shape index (κ2) is 15.2. The lowest BCUT2D eigenvalue weighted by Crippen LogP contribution is -1.97. The van der Waals surface area contributed by atoms with Crippen molar-refractivity contribution in [2.24, 2.45) is 0 Å². The van der Waals surface area contributed by atoms with Crippen LogP contribution in [0.2, 0.25) is 0 Å². The summed E-state index contributed by atoms with van der Waals surface area (Å²) >= 11 is 0. The molecular weight excluding hydrogens is 232 g/mol. The third-order valence-corrected chi connectivity index (χ3v) is 3.41. The Morgan fingerprint density at radius 1 is 0.895 bits per heavy atom. The Labute approximate surface area is 120 Å². The first-order valence-corrected chi connectivity index (χ1v) is 8.10. The molecule has 0 aromatic rings. The van der Waals surface area contributed by atoms with Crippen molar-refractivity contribution in [3.8, 4) is 0 Å². The molecule has 0 aliphatic rings. The Bertz CT molecular complexity index is 240. The van der Waals surface area contributed by atoms with E-state index in [4.69, 9.17) is 0 Å². The van der Waals surface area contributed by atoms with Crippen LogP contribution in [-0.2, 0) is 4.79 Å². The van der Waals surface area contributed by atoms with Gasteiger partial charge in [-0.3, -0.25) is 4.79 Å². The maximum atomic E-state index is 11.5. The van der Waals surface area contributed by atoms with Gasteiger partial charge in [0.05, 0.1) is 0 Å². The Morgan fingerprint density at radius 2 is 1.47 bits per heavy atom. The molecule has 0 aromatic carbocycles. The average Bonchev–Trinajstić information content (AvgIpc) is 2.41. The molecule has 0 spiro atoms. The van der Waals surface area contributed by atoms with Crippen LogP contribution in [-0.4, -0.2) is 5.78 Å². The van der Waals surface area contributed by atoms with Crippen molar-refractivity contribution in [2.75, 3.05) is 0 Å². The molecule has 0 fully saturated rings. The van der Waals surface area contributed by atoms with E-state index in [1.165, 1.54) is 51.4 Å². The van der Waals surface area contributed by atoms with Crippen molar-refractivity contribution in [2.45, 2.75) is 84.0 Å². The van der Waals surface area contributed by atoms with Gasteiger partial charge >= 0.3 is 0 Å². The van der Waals surface area contributed by atoms with Crippen molar-refractivity contribution < 1.29 is 4.79 Å². The molecule has 0 saturated heterocycles. The van der Waals surface area contributed by atoms with Crippen LogP contribution in [0.3, 0.4) is 0 Å². The molecule has 0 atom stereocenters. The van der Waals surface area contributed by atoms with E-state index in [-0.39, 0.29) is 0 Å². The summed E-state index contributed by atoms with van der Waals surface area (Å²) in [7, 11) is 0. The zero-order chi connectivity index (χ0) is 14.2. The molecule has 1 heteroatoms. The number of ketones is 1. The molecule has 0 aliphatic heterocycles. The van der Waals surface area contributed by atoms with Crippen LogP contribution in [0.4, 0.5) is 0 Å². The second-order valence-corrected chi connectivity index (χ2v) is 5.32. The highest BCUT2D eigenvalue weighted by molar-refractivity contribution is 5.78. The second-order valence-electron chi connectivity index (χ2n) is 5.32. The number of carbonyl (C=O) groups is 1. The first-order chi connectivity index (χ1) is 9.31. The molecule has 110 valence electrons. The molecule has 19 heavy (non-hydrogen) atoms. The fraction of sp³-hybridized carbons (Fsp3) is 0.722. The fourth-order valence-corrected chi connectivity index (χ4v) is 2.18. The highest BCUT2D eigenvalue weighted by Crippen LogP contribution is 2.10. The third kappa shape index (κ3) is 15.1. The summed E-state index contributed by atoms with van der Waals surface area (Å²) in [6.45, 7) is 5.83. The largest absolute Gasteiger partial charge is 0.300 e. The maximum Gasteiger partial charge on any atom is 0.132 e. The third-order valence-electron chi connectivity index (χ3n) is 3.41. The van der Waals surface area contributed by atoms with Crippen molar-refractivity contribution in [3.05, 3.63) is 24.8 Å². The molecule has 0 bridgehead atoms. The minimum Gasteiger partial charge on any atom is -0.300 e. The summed E-state index contributed by atoms with van der Waals surface area (Å²) < 4.78 is 0. The topological polar surface area (TPSA) is 17.1 Å². The van der Waals surface area contributed by atoms with Gasteiger partial charge < -0.3 is 0 Å². The molecule has 0 radical (unpaired) electrons. The Kier molecular flexibility index (Phi) is 14.5. The normalized spacial score (nSPS) is 11.0. The van der Waals surface area contributed by atoms with Crippen LogP contribution in [0.15, 0.2) is 24.8 Å². The number of unbranched alkanes of at least 4 members (excludes halogenated alkanes) is 8. The van der Waals surface area contributed by atoms with Gasteiger partial charge in [0.25, 0.3) is 0 Å². The van der Waals surface area contributed by atoms with Crippen LogP contribution < -0.4 is 0 Å². The first kappa shape index (κ1) is 18.1. The van der Waals surface area contributed by atoms with Gasteiger partial charge in [0.2, 0.25) is 0 Å². The Hall–Kier alpha value is -0.850. The number of hydrogen-bond donors (Lipinski definition) is 0. The van der Waals surface area contributed by atoms with E-state index in [1.54, 1.807) is 0 Å². The zero-order valence-corrected chi connectivity index (χ0v) is 12.8. The van der Waals surface area contributed by atoms with Gasteiger partial charge in [-0.15, -0.1) is 0 Å². The molecule has 0 aliphatic carbocycles. The van der Waals surface area contributed by atoms with Crippen LogP contribution in [0.5, 0.6) is 0 Å². The van der Waals surface area contributed by atoms with E-state index >= 15 is 0 Å². The average molecular weight is 264 g/mol. The minimum atomic E-state index is 0.475. The standard InChI is InChI=1S/C18H32O/c1-3-5-7-8-9-10-11-12-13-15-17-18(19)16-14-6-4-2/h3,5,7H,1,4,6,8-17H2,2H3. The fourth-order valence-electron chi connectivity index (χ4n) is 2.18. The summed E-state index contributed by atoms with van der Waals surface area (Å²) in [4.78, 5) is 11.5. The summed E-state index contributed by atoms with van der Waals surface area (Å²) in [6.07, 6.45) is 19.8. The molecular formula is C18H32O. The number of allylic oxidation sites excluding steroid dienone is 3. The Balaban J connectivity index is 3.15. The van der Waals surface area contributed by atoms with Crippen molar-refractivity contribution in [1.29, 1.82) is 0 Å². The Morgan fingerprint density at radius 3 is 2.11 bits per heavy atom. The first-order valence-electron chi connectivity index (χ1n) is 8.10. The quantitative estimate of drug-likeness (QED) is 0.278. The number of carbonyl (C=O) groups excluding carboxylic acids is 1. The summed E-state index contributed by atoms with van der Waals surface area (Å²) in [6, 6.07) is 0. The van der Waals surface area contributed by atoms with Gasteiger partial charge in [-0.05, 0) is 25.7 Å². The number of hydrogen-bond acceptors (Lipinski definition) is 1. The molecule has 0 aromatic heterocycles. The molecule has 1 nitrogen and oxygen atoms in total. The highest BCUT2D eigenvalue weighted by Gasteiger charge is 2.01. The molecule has 0 rings (SSSR count). The van der Waals surface area contributed by atoms with Gasteiger partial charge in [0.15, 0.2) is 0 Å². The van der Waals surface area contributed by atoms with Crippen LogP contribution in [0.25, 0.3) is 0 Å². The minimum absolute atomic E-state index is 0.475. The zero-order valence-electron chi connectivity index (χ0n) is 12.8. The molecule has 0 saturated carbocycles. The van der Waals surface area contributed by atoms with Crippen molar-refractivity contribution in [3.63, 3.8) is 0 Å². The van der Waals surface area contributed by atoms with Gasteiger partial charge in [-0.1, -0.05) is 70.3 Å². The predicted molar refractivity (Wildman–Crippen MR) is 85.4 cm³/mol. The van der Waals surface area contributed by atoms with Crippen molar-refractivity contribution >= 4 is 5.78 Å². The summed E-state index contributed by atoms with van der Waals surface area (Å²) in [5.41, 5.74) is 0. The SMILES string of the molecule is C=CC=CCCCCCCCCC(=O)CCCCC. The van der Waals surface area contributed by atoms with Gasteiger partial charge in [0, 0.05) is 12.8 Å². The lowest BCUT2D eigenvalue weighted by atomic mass is 10.0. The lowest BCUT2D eigenvalue weighted by molar-refractivity contribution is -0.119. The van der Waals surface area contributed by atoms with E-state index in [0.717, 1.165) is 25.7 Å². The van der Waals surface area contributed by atoms with E-state index in [0.29, 0.717) is 5.78 Å². The number of Topliss-reactive ketones (excluding diaryl/α,β-unsaturated/α-hetero) is 1. The number of rotatable bonds is 14. The predicted octanol–water partition coefficient (Wildman–Crippen LogP) is 6.00. The molecule has 0 unspecified atom stereocenters. The van der Waals surface area contributed by atoms with Crippen LogP contribution in [0.1, 0.15) is 84.0 Å². The van der Waals surface area contributed by atoms with E-state index in [1.807, 2.05) is 12.2 Å². The van der Waals surface area contributed by atoms with E-state index in [2.05, 4.69) is 19.6 Å². The summed E-state index contributed by atoms with van der Waals surface area (Å²) in [5, 5.41) is 0. The molecule has 0 heterocycles. The van der Waals surface area contributed by atoms with Gasteiger partial charge in [-0.2, -0.15) is 0 Å². The molecule has 0 N–H and O–H groups in total. The molecule has 0 amide bonds. The van der Waals surface area contributed by atoms with E-state index in [9.17, 15) is 4.79 Å². The maximum absolute atomic E-state index is 11.5. The highest BCUT2D eigenvalue weighted by atomic mass is 16.1. The van der Waals surface area contributed by atoms with Crippen LogP contribution in [0, 0.1) is 0 Å². The van der Waals surface area contributed by atoms with Gasteiger partial charge in [0.1, 0.15) is 5.78 Å².